The second kappa shape index (κ2) is 3.73. The van der Waals surface area contributed by atoms with Gasteiger partial charge in [0.05, 0.1) is 19.3 Å². The molecule has 0 spiro atoms. The van der Waals surface area contributed by atoms with Crippen LogP contribution in [0.4, 0.5) is 4.79 Å². The predicted octanol–water partition coefficient (Wildman–Crippen LogP) is -0.556. The highest BCUT2D eigenvalue weighted by atomic mass is 16.6. The molecule has 1 aliphatic heterocycles. The van der Waals surface area contributed by atoms with Gasteiger partial charge in [0, 0.05) is 14.2 Å². The molecule has 1 rings (SSSR count). The molecule has 0 bridgehead atoms. The van der Waals surface area contributed by atoms with Crippen LogP contribution in [0.3, 0.4) is 0 Å². The molecule has 70 valence electrons. The maximum Gasteiger partial charge on any atom is 0.410 e. The van der Waals surface area contributed by atoms with Crippen molar-refractivity contribution in [2.75, 3.05) is 27.4 Å². The molecule has 5 nitrogen and oxygen atoms in total. The number of rotatable bonds is 3. The lowest BCUT2D eigenvalue weighted by Gasteiger charge is -2.18. The number of ether oxygens (including phenoxy) is 2. The SMILES string of the molecule is COCC1C(CO)OC(=O)N1C. The number of hydrogen-bond donors (Lipinski definition) is 1. The van der Waals surface area contributed by atoms with E-state index in [1.54, 1.807) is 14.2 Å². The molecular weight excluding hydrogens is 162 g/mol. The number of amides is 1. The lowest BCUT2D eigenvalue weighted by Crippen LogP contribution is -2.38. The minimum Gasteiger partial charge on any atom is -0.441 e. The minimum absolute atomic E-state index is 0.163. The molecule has 1 fully saturated rings. The summed E-state index contributed by atoms with van der Waals surface area (Å²) in [5.41, 5.74) is 0. The largest absolute Gasteiger partial charge is 0.441 e. The quantitative estimate of drug-likeness (QED) is 0.625. The van der Waals surface area contributed by atoms with Crippen LogP contribution in [0.15, 0.2) is 0 Å². The van der Waals surface area contributed by atoms with E-state index in [0.29, 0.717) is 6.61 Å². The summed E-state index contributed by atoms with van der Waals surface area (Å²) in [5.74, 6) is 0. The van der Waals surface area contributed by atoms with Crippen LogP contribution in [0, 0.1) is 0 Å². The number of nitrogens with zero attached hydrogens (tertiary/aromatic N) is 1. The molecule has 1 aliphatic rings. The first-order valence-electron chi connectivity index (χ1n) is 3.74. The van der Waals surface area contributed by atoms with Gasteiger partial charge < -0.3 is 19.5 Å². The number of hydrogen-bond acceptors (Lipinski definition) is 4. The van der Waals surface area contributed by atoms with Gasteiger partial charge in [0.2, 0.25) is 0 Å². The molecule has 0 aromatic rings. The number of methoxy groups -OCH3 is 1. The maximum absolute atomic E-state index is 11.0. The number of aliphatic hydroxyl groups is 1. The van der Waals surface area contributed by atoms with Crippen molar-refractivity contribution in [1.82, 2.24) is 4.90 Å². The van der Waals surface area contributed by atoms with E-state index in [0.717, 1.165) is 0 Å². The third kappa shape index (κ3) is 1.51. The van der Waals surface area contributed by atoms with Crippen molar-refractivity contribution in [3.8, 4) is 0 Å². The van der Waals surface area contributed by atoms with Gasteiger partial charge in [0.25, 0.3) is 0 Å². The van der Waals surface area contributed by atoms with Crippen molar-refractivity contribution in [3.63, 3.8) is 0 Å². The maximum atomic E-state index is 11.0. The summed E-state index contributed by atoms with van der Waals surface area (Å²) in [6, 6.07) is -0.174. The molecule has 2 unspecified atom stereocenters. The molecule has 1 amide bonds. The van der Waals surface area contributed by atoms with Crippen LogP contribution in [0.5, 0.6) is 0 Å². The summed E-state index contributed by atoms with van der Waals surface area (Å²) in [5, 5.41) is 8.84. The van der Waals surface area contributed by atoms with E-state index < -0.39 is 12.2 Å². The third-order valence-corrected chi connectivity index (χ3v) is 1.98. The number of aliphatic hydroxyl groups excluding tert-OH is 1. The van der Waals surface area contributed by atoms with Crippen molar-refractivity contribution in [3.05, 3.63) is 0 Å². The lowest BCUT2D eigenvalue weighted by atomic mass is 10.2. The zero-order chi connectivity index (χ0) is 9.14. The first-order chi connectivity index (χ1) is 5.70. The Labute approximate surface area is 70.9 Å². The standard InChI is InChI=1S/C7H13NO4/c1-8-5(4-11-2)6(3-9)12-7(8)10/h5-6,9H,3-4H2,1-2H3. The van der Waals surface area contributed by atoms with Crippen molar-refractivity contribution in [2.45, 2.75) is 12.1 Å². The first-order valence-corrected chi connectivity index (χ1v) is 3.74. The van der Waals surface area contributed by atoms with E-state index >= 15 is 0 Å². The Kier molecular flexibility index (Phi) is 2.88. The van der Waals surface area contributed by atoms with Gasteiger partial charge >= 0.3 is 6.09 Å². The van der Waals surface area contributed by atoms with Gasteiger partial charge in [-0.3, -0.25) is 0 Å². The molecule has 0 saturated carbocycles. The van der Waals surface area contributed by atoms with E-state index in [4.69, 9.17) is 14.6 Å². The van der Waals surface area contributed by atoms with Crippen LogP contribution in [-0.4, -0.2) is 55.6 Å². The van der Waals surface area contributed by atoms with Crippen LogP contribution >= 0.6 is 0 Å². The molecule has 1 N–H and O–H groups in total. The van der Waals surface area contributed by atoms with E-state index in [9.17, 15) is 4.79 Å². The van der Waals surface area contributed by atoms with Gasteiger partial charge in [-0.25, -0.2) is 4.79 Å². The topological polar surface area (TPSA) is 59.0 Å². The highest BCUT2D eigenvalue weighted by Gasteiger charge is 2.38. The number of likely N-dealkylation sites (N-methyl/N-ethyl adjacent to an activating group) is 1. The second-order valence-electron chi connectivity index (χ2n) is 2.74. The summed E-state index contributed by atoms with van der Waals surface area (Å²) >= 11 is 0. The van der Waals surface area contributed by atoms with Gasteiger partial charge in [0.15, 0.2) is 0 Å². The number of carbonyl (C=O) groups excluding carboxylic acids is 1. The average molecular weight is 175 g/mol. The number of carbonyl (C=O) groups is 1. The van der Waals surface area contributed by atoms with Gasteiger partial charge in [-0.15, -0.1) is 0 Å². The van der Waals surface area contributed by atoms with E-state index in [1.165, 1.54) is 4.90 Å². The normalized spacial score (nSPS) is 29.2. The van der Waals surface area contributed by atoms with Gasteiger partial charge in [-0.1, -0.05) is 0 Å². The Morgan fingerprint density at radius 3 is 2.92 bits per heavy atom. The van der Waals surface area contributed by atoms with Crippen LogP contribution in [0.25, 0.3) is 0 Å². The molecular formula is C7H13NO4. The van der Waals surface area contributed by atoms with Crippen LogP contribution < -0.4 is 0 Å². The summed E-state index contributed by atoms with van der Waals surface area (Å²) in [6.07, 6.45) is -0.862. The zero-order valence-electron chi connectivity index (χ0n) is 7.19. The van der Waals surface area contributed by atoms with Gasteiger partial charge in [-0.05, 0) is 0 Å². The highest BCUT2D eigenvalue weighted by Crippen LogP contribution is 2.17. The summed E-state index contributed by atoms with van der Waals surface area (Å²) in [4.78, 5) is 12.4. The van der Waals surface area contributed by atoms with Crippen molar-refractivity contribution >= 4 is 6.09 Å². The monoisotopic (exact) mass is 175 g/mol. The molecule has 0 aromatic carbocycles. The third-order valence-electron chi connectivity index (χ3n) is 1.98. The lowest BCUT2D eigenvalue weighted by molar-refractivity contribution is 0.0576. The molecule has 1 saturated heterocycles. The molecule has 1 heterocycles. The van der Waals surface area contributed by atoms with Crippen LogP contribution in [-0.2, 0) is 9.47 Å². The van der Waals surface area contributed by atoms with Crippen molar-refractivity contribution in [2.24, 2.45) is 0 Å². The molecule has 5 heteroatoms. The molecule has 0 aromatic heterocycles. The Morgan fingerprint density at radius 1 is 1.75 bits per heavy atom. The fourth-order valence-electron chi connectivity index (χ4n) is 1.22. The summed E-state index contributed by atoms with van der Waals surface area (Å²) < 4.78 is 9.74. The van der Waals surface area contributed by atoms with Crippen molar-refractivity contribution in [1.29, 1.82) is 0 Å². The Bertz CT molecular complexity index is 173. The zero-order valence-corrected chi connectivity index (χ0v) is 7.19. The fraction of sp³-hybridized carbons (Fsp3) is 0.857. The van der Waals surface area contributed by atoms with E-state index in [-0.39, 0.29) is 12.6 Å². The predicted molar refractivity (Wildman–Crippen MR) is 40.8 cm³/mol. The Balaban J connectivity index is 2.60. The Morgan fingerprint density at radius 2 is 2.42 bits per heavy atom. The fourth-order valence-corrected chi connectivity index (χ4v) is 1.22. The average Bonchev–Trinajstić information content (AvgIpc) is 2.33. The first kappa shape index (κ1) is 9.28. The second-order valence-corrected chi connectivity index (χ2v) is 2.74. The minimum atomic E-state index is -0.456. The molecule has 0 radical (unpaired) electrons. The van der Waals surface area contributed by atoms with Crippen molar-refractivity contribution < 1.29 is 19.4 Å². The number of cyclic esters (lactones) is 1. The highest BCUT2D eigenvalue weighted by molar-refractivity contribution is 5.70. The molecule has 2 atom stereocenters. The molecule has 12 heavy (non-hydrogen) atoms. The van der Waals surface area contributed by atoms with E-state index in [2.05, 4.69) is 0 Å². The van der Waals surface area contributed by atoms with Crippen LogP contribution in [0.1, 0.15) is 0 Å². The van der Waals surface area contributed by atoms with Crippen LogP contribution in [0.2, 0.25) is 0 Å². The van der Waals surface area contributed by atoms with Gasteiger partial charge in [-0.2, -0.15) is 0 Å². The Hall–Kier alpha value is -0.810. The van der Waals surface area contributed by atoms with Gasteiger partial charge in [0.1, 0.15) is 6.10 Å². The summed E-state index contributed by atoms with van der Waals surface area (Å²) in [7, 11) is 3.17. The van der Waals surface area contributed by atoms with E-state index in [1.807, 2.05) is 0 Å². The summed E-state index contributed by atoms with van der Waals surface area (Å²) in [6.45, 7) is 0.220. The molecule has 0 aliphatic carbocycles. The smallest absolute Gasteiger partial charge is 0.410 e.